The number of ether oxygens (including phenoxy) is 1. The quantitative estimate of drug-likeness (QED) is 0.663. The van der Waals surface area contributed by atoms with Crippen molar-refractivity contribution in [2.45, 2.75) is 13.1 Å². The number of benzene rings is 2. The number of hydrogen-bond acceptors (Lipinski definition) is 1. The summed E-state index contributed by atoms with van der Waals surface area (Å²) in [5.41, 5.74) is 0.0295. The smallest absolute Gasteiger partial charge is 0.409 e. The van der Waals surface area contributed by atoms with Crippen LogP contribution in [0.2, 0.25) is 0 Å². The summed E-state index contributed by atoms with van der Waals surface area (Å²) in [7, 11) is 0. The summed E-state index contributed by atoms with van der Waals surface area (Å²) in [4.78, 5) is 0. The molecule has 122 valence electrons. The van der Waals surface area contributed by atoms with Crippen LogP contribution in [0.15, 0.2) is 42.5 Å². The minimum Gasteiger partial charge on any atom is -0.494 e. The maximum Gasteiger partial charge on any atom is 0.409 e. The molecule has 2 rings (SSSR count). The van der Waals surface area contributed by atoms with Crippen molar-refractivity contribution in [3.63, 3.8) is 0 Å². The summed E-state index contributed by atoms with van der Waals surface area (Å²) in [5, 5.41) is 0. The lowest BCUT2D eigenvalue weighted by Crippen LogP contribution is -2.01. The van der Waals surface area contributed by atoms with Gasteiger partial charge in [0.1, 0.15) is 17.4 Å². The summed E-state index contributed by atoms with van der Waals surface area (Å²) in [6.45, 7) is 2.31. The Morgan fingerprint density at radius 1 is 0.957 bits per heavy atom. The number of allylic oxidation sites excluding steroid dienone is 1. The molecule has 0 aliphatic carbocycles. The van der Waals surface area contributed by atoms with Gasteiger partial charge < -0.3 is 4.74 Å². The third-order valence-corrected chi connectivity index (χ3v) is 3.02. The highest BCUT2D eigenvalue weighted by Gasteiger charge is 2.22. The van der Waals surface area contributed by atoms with Crippen molar-refractivity contribution in [1.82, 2.24) is 0 Å². The zero-order chi connectivity index (χ0) is 17.0. The van der Waals surface area contributed by atoms with Gasteiger partial charge >= 0.3 is 6.18 Å². The minimum absolute atomic E-state index is 0.203. The Bertz CT molecular complexity index is 679. The van der Waals surface area contributed by atoms with E-state index in [1.165, 1.54) is 0 Å². The largest absolute Gasteiger partial charge is 0.494 e. The molecule has 0 N–H and O–H groups in total. The predicted molar refractivity (Wildman–Crippen MR) is 78.1 cm³/mol. The van der Waals surface area contributed by atoms with E-state index in [2.05, 4.69) is 0 Å². The van der Waals surface area contributed by atoms with Gasteiger partial charge in [0.2, 0.25) is 0 Å². The highest BCUT2D eigenvalue weighted by Crippen LogP contribution is 2.28. The average molecular weight is 328 g/mol. The van der Waals surface area contributed by atoms with Crippen LogP contribution < -0.4 is 4.74 Å². The summed E-state index contributed by atoms with van der Waals surface area (Å²) < 4.78 is 69.4. The molecule has 2 aromatic carbocycles. The lowest BCUT2D eigenvalue weighted by atomic mass is 10.0. The van der Waals surface area contributed by atoms with Gasteiger partial charge in [0.15, 0.2) is 0 Å². The van der Waals surface area contributed by atoms with Crippen molar-refractivity contribution in [1.29, 1.82) is 0 Å². The normalized spacial score (nSPS) is 11.9. The topological polar surface area (TPSA) is 9.23 Å². The van der Waals surface area contributed by atoms with Gasteiger partial charge in [-0.05, 0) is 48.4 Å². The molecule has 0 unspecified atom stereocenters. The molecule has 2 aromatic rings. The second kappa shape index (κ2) is 6.81. The van der Waals surface area contributed by atoms with Crippen LogP contribution in [0, 0.1) is 11.6 Å². The molecule has 0 aliphatic heterocycles. The number of alkyl halides is 3. The van der Waals surface area contributed by atoms with Gasteiger partial charge in [0.05, 0.1) is 6.61 Å². The fourth-order valence-corrected chi connectivity index (χ4v) is 2.00. The van der Waals surface area contributed by atoms with Crippen molar-refractivity contribution in [2.24, 2.45) is 0 Å². The van der Waals surface area contributed by atoms with Crippen molar-refractivity contribution >= 4 is 6.08 Å². The molecule has 6 heteroatoms. The Labute approximate surface area is 130 Å². The molecule has 0 bridgehead atoms. The molecule has 0 fully saturated rings. The Morgan fingerprint density at radius 3 is 2.00 bits per heavy atom. The Morgan fingerprint density at radius 2 is 1.52 bits per heavy atom. The molecule has 0 radical (unpaired) electrons. The van der Waals surface area contributed by atoms with E-state index in [0.29, 0.717) is 24.0 Å². The predicted octanol–water partition coefficient (Wildman–Crippen LogP) is 5.61. The van der Waals surface area contributed by atoms with Gasteiger partial charge in [-0.2, -0.15) is 13.2 Å². The number of halogens is 5. The van der Waals surface area contributed by atoms with Crippen molar-refractivity contribution in [2.75, 3.05) is 6.61 Å². The van der Waals surface area contributed by atoms with Gasteiger partial charge in [-0.15, -0.1) is 0 Å². The fourth-order valence-electron chi connectivity index (χ4n) is 2.00. The van der Waals surface area contributed by atoms with Gasteiger partial charge in [-0.1, -0.05) is 12.1 Å². The minimum atomic E-state index is -4.63. The molecular formula is C17H13F5O. The summed E-state index contributed by atoms with van der Waals surface area (Å²) in [6.07, 6.45) is -4.45. The first-order valence-electron chi connectivity index (χ1n) is 6.78. The molecule has 0 aromatic heterocycles. The zero-order valence-corrected chi connectivity index (χ0v) is 12.1. The van der Waals surface area contributed by atoms with Crippen LogP contribution in [-0.2, 0) is 0 Å². The molecule has 0 aliphatic rings. The van der Waals surface area contributed by atoms with E-state index in [0.717, 1.165) is 12.1 Å². The standard InChI is InChI=1S/C17H13F5O/c1-2-23-13-5-3-11(4-6-13)12-9-15(18)14(16(19)10-12)7-8-17(20,21)22/h3-10H,2H2,1H3/b8-7+. The average Bonchev–Trinajstić information content (AvgIpc) is 2.46. The maximum atomic E-state index is 13.9. The summed E-state index contributed by atoms with van der Waals surface area (Å²) >= 11 is 0. The van der Waals surface area contributed by atoms with E-state index < -0.39 is 23.4 Å². The number of rotatable bonds is 4. The van der Waals surface area contributed by atoms with Crippen LogP contribution in [0.25, 0.3) is 17.2 Å². The van der Waals surface area contributed by atoms with Crippen LogP contribution in [0.1, 0.15) is 12.5 Å². The van der Waals surface area contributed by atoms with Crippen molar-refractivity contribution < 1.29 is 26.7 Å². The van der Waals surface area contributed by atoms with E-state index >= 15 is 0 Å². The Hall–Kier alpha value is -2.37. The van der Waals surface area contributed by atoms with Gasteiger partial charge in [-0.3, -0.25) is 0 Å². The van der Waals surface area contributed by atoms with E-state index in [1.807, 2.05) is 6.92 Å². The van der Waals surface area contributed by atoms with Gasteiger partial charge in [0.25, 0.3) is 0 Å². The Balaban J connectivity index is 2.34. The van der Waals surface area contributed by atoms with Crippen molar-refractivity contribution in [3.05, 3.63) is 59.7 Å². The van der Waals surface area contributed by atoms with Gasteiger partial charge in [-0.25, -0.2) is 8.78 Å². The first kappa shape index (κ1) is 17.0. The van der Waals surface area contributed by atoms with E-state index in [1.54, 1.807) is 24.3 Å². The molecule has 1 nitrogen and oxygen atoms in total. The second-order valence-electron chi connectivity index (χ2n) is 4.69. The molecule has 0 heterocycles. The lowest BCUT2D eigenvalue weighted by Gasteiger charge is -2.08. The molecule has 0 spiro atoms. The molecule has 23 heavy (non-hydrogen) atoms. The zero-order valence-electron chi connectivity index (χ0n) is 12.1. The van der Waals surface area contributed by atoms with E-state index in [-0.39, 0.29) is 11.6 Å². The summed E-state index contributed by atoms with van der Waals surface area (Å²) in [5.74, 6) is -1.51. The summed E-state index contributed by atoms with van der Waals surface area (Å²) in [6, 6.07) is 8.51. The van der Waals surface area contributed by atoms with Crippen LogP contribution >= 0.6 is 0 Å². The van der Waals surface area contributed by atoms with E-state index in [4.69, 9.17) is 4.74 Å². The number of hydrogen-bond donors (Lipinski definition) is 0. The third kappa shape index (κ3) is 4.55. The highest BCUT2D eigenvalue weighted by atomic mass is 19.4. The molecule has 0 atom stereocenters. The second-order valence-corrected chi connectivity index (χ2v) is 4.69. The van der Waals surface area contributed by atoms with Gasteiger partial charge in [0, 0.05) is 11.6 Å². The molecular weight excluding hydrogens is 315 g/mol. The molecule has 0 amide bonds. The van der Waals surface area contributed by atoms with Crippen LogP contribution in [0.5, 0.6) is 5.75 Å². The first-order chi connectivity index (χ1) is 10.8. The molecule has 0 saturated heterocycles. The SMILES string of the molecule is CCOc1ccc(-c2cc(F)c(/C=C/C(F)(F)F)c(F)c2)cc1. The highest BCUT2D eigenvalue weighted by molar-refractivity contribution is 5.67. The van der Waals surface area contributed by atoms with Crippen LogP contribution in [-0.4, -0.2) is 12.8 Å². The van der Waals surface area contributed by atoms with Crippen molar-refractivity contribution in [3.8, 4) is 16.9 Å². The maximum absolute atomic E-state index is 13.9. The third-order valence-electron chi connectivity index (χ3n) is 3.02. The fraction of sp³-hybridized carbons (Fsp3) is 0.176. The monoisotopic (exact) mass is 328 g/mol. The van der Waals surface area contributed by atoms with Crippen LogP contribution in [0.4, 0.5) is 22.0 Å². The molecule has 0 saturated carbocycles. The Kier molecular flexibility index (Phi) is 5.03. The first-order valence-corrected chi connectivity index (χ1v) is 6.78. The lowest BCUT2D eigenvalue weighted by molar-refractivity contribution is -0.0790. The van der Waals surface area contributed by atoms with E-state index in [9.17, 15) is 22.0 Å². The van der Waals surface area contributed by atoms with Crippen LogP contribution in [0.3, 0.4) is 0 Å².